The molecule has 1 aliphatic heterocycles. The maximum Gasteiger partial charge on any atom is 0.271 e. The van der Waals surface area contributed by atoms with Crippen LogP contribution >= 0.6 is 0 Å². The van der Waals surface area contributed by atoms with Crippen LogP contribution in [0.15, 0.2) is 90.2 Å². The lowest BCUT2D eigenvalue weighted by molar-refractivity contribution is 0.0954. The molecule has 3 aromatic carbocycles. The van der Waals surface area contributed by atoms with Gasteiger partial charge in [0.25, 0.3) is 5.91 Å². The second-order valence-electron chi connectivity index (χ2n) is 6.85. The molecule has 31 heavy (non-hydrogen) atoms. The van der Waals surface area contributed by atoms with Crippen molar-refractivity contribution in [2.24, 2.45) is 5.10 Å². The van der Waals surface area contributed by atoms with E-state index in [2.05, 4.69) is 10.5 Å². The minimum atomic E-state index is -0.341. The first-order valence-corrected chi connectivity index (χ1v) is 9.71. The Labute approximate surface area is 178 Å². The van der Waals surface area contributed by atoms with Gasteiger partial charge in [-0.2, -0.15) is 10.2 Å². The standard InChI is InChI=1S/C24H18N4O3/c29-24(18-11-12-21-22(13-18)31-16-30-21)26-25-14-19-15-28(20-9-5-2-6-10-20)27-23(19)17-7-3-1-4-8-17/h1-15H,16H2,(H,26,29). The average molecular weight is 410 g/mol. The highest BCUT2D eigenvalue weighted by Crippen LogP contribution is 2.32. The van der Waals surface area contributed by atoms with Gasteiger partial charge >= 0.3 is 0 Å². The number of aromatic nitrogens is 2. The number of rotatable bonds is 5. The number of benzene rings is 3. The molecular weight excluding hydrogens is 392 g/mol. The summed E-state index contributed by atoms with van der Waals surface area (Å²) >= 11 is 0. The van der Waals surface area contributed by atoms with Crippen LogP contribution in [0, 0.1) is 0 Å². The summed E-state index contributed by atoms with van der Waals surface area (Å²) in [5.41, 5.74) is 6.44. The molecule has 5 rings (SSSR count). The Morgan fingerprint density at radius 2 is 1.71 bits per heavy atom. The van der Waals surface area contributed by atoms with E-state index >= 15 is 0 Å². The Hall–Kier alpha value is -4.39. The van der Waals surface area contributed by atoms with E-state index in [0.717, 1.165) is 22.5 Å². The fraction of sp³-hybridized carbons (Fsp3) is 0.0417. The van der Waals surface area contributed by atoms with E-state index in [-0.39, 0.29) is 12.7 Å². The van der Waals surface area contributed by atoms with Crippen LogP contribution in [0.1, 0.15) is 15.9 Å². The molecule has 1 aliphatic rings. The highest BCUT2D eigenvalue weighted by Gasteiger charge is 2.16. The molecule has 152 valence electrons. The summed E-state index contributed by atoms with van der Waals surface area (Å²) < 4.78 is 12.4. The topological polar surface area (TPSA) is 77.7 Å². The zero-order valence-corrected chi connectivity index (χ0v) is 16.4. The Morgan fingerprint density at radius 3 is 2.52 bits per heavy atom. The van der Waals surface area contributed by atoms with Crippen LogP contribution in [0.25, 0.3) is 16.9 Å². The first kappa shape index (κ1) is 18.6. The number of fused-ring (bicyclic) bond motifs is 1. The number of hydrazone groups is 1. The normalized spacial score (nSPS) is 12.3. The number of ether oxygens (including phenoxy) is 2. The van der Waals surface area contributed by atoms with E-state index < -0.39 is 0 Å². The Balaban J connectivity index is 1.40. The number of nitrogens with one attached hydrogen (secondary N) is 1. The summed E-state index contributed by atoms with van der Waals surface area (Å²) in [5, 5.41) is 8.88. The van der Waals surface area contributed by atoms with Crippen LogP contribution < -0.4 is 14.9 Å². The highest BCUT2D eigenvalue weighted by atomic mass is 16.7. The van der Waals surface area contributed by atoms with E-state index in [9.17, 15) is 4.79 Å². The van der Waals surface area contributed by atoms with Crippen molar-refractivity contribution in [1.29, 1.82) is 0 Å². The minimum Gasteiger partial charge on any atom is -0.454 e. The Bertz CT molecular complexity index is 1250. The summed E-state index contributed by atoms with van der Waals surface area (Å²) in [6.45, 7) is 0.159. The molecule has 0 atom stereocenters. The van der Waals surface area contributed by atoms with Crippen molar-refractivity contribution in [1.82, 2.24) is 15.2 Å². The molecule has 4 aromatic rings. The predicted octanol–water partition coefficient (Wildman–Crippen LogP) is 4.03. The molecule has 0 saturated carbocycles. The van der Waals surface area contributed by atoms with Crippen LogP contribution in [0.3, 0.4) is 0 Å². The van der Waals surface area contributed by atoms with Crippen LogP contribution in [0.5, 0.6) is 11.5 Å². The fourth-order valence-corrected chi connectivity index (χ4v) is 3.28. The third-order valence-electron chi connectivity index (χ3n) is 4.81. The van der Waals surface area contributed by atoms with Crippen LogP contribution in [0.2, 0.25) is 0 Å². The second-order valence-corrected chi connectivity index (χ2v) is 6.85. The molecule has 2 heterocycles. The number of carbonyl (C=O) groups excluding carboxylic acids is 1. The SMILES string of the molecule is O=C(NN=Cc1cn(-c2ccccc2)nc1-c1ccccc1)c1ccc2c(c1)OCO2. The number of hydrogen-bond donors (Lipinski definition) is 1. The molecule has 0 saturated heterocycles. The summed E-state index contributed by atoms with van der Waals surface area (Å²) in [6, 6.07) is 24.7. The van der Waals surface area contributed by atoms with Gasteiger partial charge in [-0.05, 0) is 30.3 Å². The lowest BCUT2D eigenvalue weighted by atomic mass is 10.1. The van der Waals surface area contributed by atoms with Crippen molar-refractivity contribution in [3.63, 3.8) is 0 Å². The molecule has 7 heteroatoms. The molecule has 0 unspecified atom stereocenters. The predicted molar refractivity (Wildman–Crippen MR) is 117 cm³/mol. The van der Waals surface area contributed by atoms with Gasteiger partial charge in [-0.1, -0.05) is 48.5 Å². The number of amides is 1. The average Bonchev–Trinajstić information content (AvgIpc) is 3.47. The van der Waals surface area contributed by atoms with E-state index in [1.165, 1.54) is 0 Å². The molecule has 0 fully saturated rings. The number of hydrogen-bond acceptors (Lipinski definition) is 5. The summed E-state index contributed by atoms with van der Waals surface area (Å²) in [6.07, 6.45) is 3.48. The maximum absolute atomic E-state index is 12.5. The van der Waals surface area contributed by atoms with Crippen LogP contribution in [0.4, 0.5) is 0 Å². The number of carbonyl (C=O) groups is 1. The van der Waals surface area contributed by atoms with E-state index in [0.29, 0.717) is 17.1 Å². The third kappa shape index (κ3) is 3.89. The van der Waals surface area contributed by atoms with E-state index in [1.54, 1.807) is 29.1 Å². The third-order valence-corrected chi connectivity index (χ3v) is 4.81. The summed E-state index contributed by atoms with van der Waals surface area (Å²) in [7, 11) is 0. The van der Waals surface area contributed by atoms with Crippen molar-refractivity contribution in [2.45, 2.75) is 0 Å². The van der Waals surface area contributed by atoms with Gasteiger partial charge in [-0.25, -0.2) is 10.1 Å². The van der Waals surface area contributed by atoms with Gasteiger partial charge < -0.3 is 9.47 Å². The maximum atomic E-state index is 12.5. The quantitative estimate of drug-likeness (QED) is 0.398. The largest absolute Gasteiger partial charge is 0.454 e. The summed E-state index contributed by atoms with van der Waals surface area (Å²) in [4.78, 5) is 12.5. The van der Waals surface area contributed by atoms with Gasteiger partial charge in [0.05, 0.1) is 11.9 Å². The van der Waals surface area contributed by atoms with Gasteiger partial charge in [0.2, 0.25) is 6.79 Å². The molecule has 0 aliphatic carbocycles. The lowest BCUT2D eigenvalue weighted by Crippen LogP contribution is -2.17. The van der Waals surface area contributed by atoms with Crippen molar-refractivity contribution >= 4 is 12.1 Å². The molecule has 7 nitrogen and oxygen atoms in total. The highest BCUT2D eigenvalue weighted by molar-refractivity contribution is 5.96. The van der Waals surface area contributed by atoms with Crippen molar-refractivity contribution in [3.8, 4) is 28.4 Å². The molecule has 0 spiro atoms. The lowest BCUT2D eigenvalue weighted by Gasteiger charge is -2.02. The van der Waals surface area contributed by atoms with Crippen molar-refractivity contribution in [2.75, 3.05) is 6.79 Å². The monoisotopic (exact) mass is 410 g/mol. The molecule has 1 amide bonds. The molecule has 1 N–H and O–H groups in total. The van der Waals surface area contributed by atoms with Gasteiger partial charge in [-0.3, -0.25) is 4.79 Å². The van der Waals surface area contributed by atoms with Gasteiger partial charge in [-0.15, -0.1) is 0 Å². The van der Waals surface area contributed by atoms with E-state index in [1.807, 2.05) is 66.9 Å². The zero-order valence-electron chi connectivity index (χ0n) is 16.4. The molecule has 0 radical (unpaired) electrons. The van der Waals surface area contributed by atoms with Crippen LogP contribution in [-0.4, -0.2) is 28.7 Å². The molecular formula is C24H18N4O3. The van der Waals surface area contributed by atoms with E-state index in [4.69, 9.17) is 14.6 Å². The number of nitrogens with zero attached hydrogens (tertiary/aromatic N) is 3. The fourth-order valence-electron chi connectivity index (χ4n) is 3.28. The first-order chi connectivity index (χ1) is 15.3. The van der Waals surface area contributed by atoms with Gasteiger partial charge in [0.15, 0.2) is 11.5 Å². The second kappa shape index (κ2) is 8.16. The zero-order chi connectivity index (χ0) is 21.0. The van der Waals surface area contributed by atoms with Crippen LogP contribution in [-0.2, 0) is 0 Å². The van der Waals surface area contributed by atoms with Crippen molar-refractivity contribution in [3.05, 3.63) is 96.2 Å². The molecule has 0 bridgehead atoms. The van der Waals surface area contributed by atoms with Gasteiger partial charge in [0.1, 0.15) is 5.69 Å². The molecule has 1 aromatic heterocycles. The number of para-hydroxylation sites is 1. The first-order valence-electron chi connectivity index (χ1n) is 9.71. The van der Waals surface area contributed by atoms with Crippen molar-refractivity contribution < 1.29 is 14.3 Å². The summed E-state index contributed by atoms with van der Waals surface area (Å²) in [5.74, 6) is 0.833. The minimum absolute atomic E-state index is 0.159. The Kier molecular flexibility index (Phi) is 4.90. The Morgan fingerprint density at radius 1 is 0.968 bits per heavy atom. The van der Waals surface area contributed by atoms with Gasteiger partial charge in [0, 0.05) is 22.9 Å². The smallest absolute Gasteiger partial charge is 0.271 e.